The first-order chi connectivity index (χ1) is 9.97. The third-order valence-electron chi connectivity index (χ3n) is 3.23. The first-order valence-corrected chi connectivity index (χ1v) is 7.23. The molecule has 4 nitrogen and oxygen atoms in total. The Labute approximate surface area is 133 Å². The predicted molar refractivity (Wildman–Crippen MR) is 85.9 cm³/mol. The van der Waals surface area contributed by atoms with Crippen molar-refractivity contribution in [1.29, 1.82) is 0 Å². The van der Waals surface area contributed by atoms with E-state index in [0.29, 0.717) is 11.3 Å². The molecule has 1 aromatic heterocycles. The molecule has 0 amide bonds. The Kier molecular flexibility index (Phi) is 3.40. The molecule has 2 aromatic carbocycles. The van der Waals surface area contributed by atoms with Crippen molar-refractivity contribution in [3.05, 3.63) is 50.8 Å². The molecular formula is C15H10FIN2O2. The summed E-state index contributed by atoms with van der Waals surface area (Å²) in [5, 5.41) is 9.16. The summed E-state index contributed by atoms with van der Waals surface area (Å²) in [6.07, 6.45) is 0. The minimum absolute atomic E-state index is 0.143. The number of aryl methyl sites for hydroxylation is 1. The lowest BCUT2D eigenvalue weighted by molar-refractivity contribution is 0.0698. The maximum atomic E-state index is 13.5. The lowest BCUT2D eigenvalue weighted by atomic mass is 10.1. The number of carboxylic acids is 1. The van der Waals surface area contributed by atoms with Crippen LogP contribution in [0, 0.1) is 16.3 Å². The number of carbonyl (C=O) groups is 1. The highest BCUT2D eigenvalue weighted by molar-refractivity contribution is 14.1. The highest BCUT2D eigenvalue weighted by Crippen LogP contribution is 2.28. The van der Waals surface area contributed by atoms with Gasteiger partial charge in [0, 0.05) is 9.13 Å². The monoisotopic (exact) mass is 396 g/mol. The van der Waals surface area contributed by atoms with E-state index in [1.165, 1.54) is 6.07 Å². The third-order valence-corrected chi connectivity index (χ3v) is 4.66. The molecule has 3 rings (SSSR count). The number of nitrogens with one attached hydrogen (secondary N) is 1. The Morgan fingerprint density at radius 3 is 2.86 bits per heavy atom. The van der Waals surface area contributed by atoms with E-state index in [9.17, 15) is 9.18 Å². The van der Waals surface area contributed by atoms with Crippen LogP contribution >= 0.6 is 22.6 Å². The van der Waals surface area contributed by atoms with E-state index in [0.717, 1.165) is 20.8 Å². The van der Waals surface area contributed by atoms with Gasteiger partial charge in [-0.2, -0.15) is 0 Å². The van der Waals surface area contributed by atoms with Gasteiger partial charge in [-0.3, -0.25) is 0 Å². The molecule has 0 aliphatic carbocycles. The molecule has 0 unspecified atom stereocenters. The van der Waals surface area contributed by atoms with E-state index in [1.807, 2.05) is 25.1 Å². The summed E-state index contributed by atoms with van der Waals surface area (Å²) in [4.78, 5) is 18.5. The molecule has 0 atom stereocenters. The first-order valence-electron chi connectivity index (χ1n) is 6.15. The molecule has 106 valence electrons. The number of rotatable bonds is 2. The number of aromatic carboxylic acids is 1. The number of carboxylic acid groups (broad SMARTS) is 1. The zero-order valence-corrected chi connectivity index (χ0v) is 13.1. The normalized spacial score (nSPS) is 11.0. The van der Waals surface area contributed by atoms with Gasteiger partial charge in [-0.1, -0.05) is 18.2 Å². The summed E-state index contributed by atoms with van der Waals surface area (Å²) in [6, 6.07) is 8.01. The number of hydrogen-bond acceptors (Lipinski definition) is 2. The van der Waals surface area contributed by atoms with E-state index < -0.39 is 11.8 Å². The fourth-order valence-corrected chi connectivity index (χ4v) is 2.82. The Morgan fingerprint density at radius 1 is 1.38 bits per heavy atom. The van der Waals surface area contributed by atoms with Gasteiger partial charge in [0.05, 0.1) is 11.1 Å². The number of nitrogens with zero attached hydrogens (tertiary/aromatic N) is 1. The molecule has 0 aliphatic heterocycles. The van der Waals surface area contributed by atoms with E-state index in [2.05, 4.69) is 32.6 Å². The van der Waals surface area contributed by atoms with Crippen LogP contribution in [-0.4, -0.2) is 21.0 Å². The highest BCUT2D eigenvalue weighted by Gasteiger charge is 2.17. The molecule has 2 N–H and O–H groups in total. The maximum Gasteiger partial charge on any atom is 0.338 e. The van der Waals surface area contributed by atoms with Crippen LogP contribution in [0.2, 0.25) is 0 Å². The fourth-order valence-electron chi connectivity index (χ4n) is 2.20. The van der Waals surface area contributed by atoms with Gasteiger partial charge in [0.25, 0.3) is 0 Å². The molecule has 0 saturated carbocycles. The van der Waals surface area contributed by atoms with E-state index in [4.69, 9.17) is 5.11 Å². The Bertz CT molecular complexity index is 873. The van der Waals surface area contributed by atoms with Gasteiger partial charge in [0.1, 0.15) is 17.2 Å². The molecule has 0 aliphatic rings. The maximum absolute atomic E-state index is 13.5. The van der Waals surface area contributed by atoms with Gasteiger partial charge in [-0.05, 0) is 47.2 Å². The largest absolute Gasteiger partial charge is 0.478 e. The zero-order chi connectivity index (χ0) is 15.1. The van der Waals surface area contributed by atoms with Gasteiger partial charge in [0.2, 0.25) is 0 Å². The number of halogens is 2. The van der Waals surface area contributed by atoms with Gasteiger partial charge in [0.15, 0.2) is 0 Å². The van der Waals surface area contributed by atoms with Crippen LogP contribution < -0.4 is 0 Å². The molecule has 21 heavy (non-hydrogen) atoms. The molecule has 0 fully saturated rings. The van der Waals surface area contributed by atoms with E-state index in [1.54, 1.807) is 0 Å². The van der Waals surface area contributed by atoms with E-state index in [-0.39, 0.29) is 11.1 Å². The van der Waals surface area contributed by atoms with Crippen LogP contribution in [0.15, 0.2) is 30.3 Å². The van der Waals surface area contributed by atoms with Crippen molar-refractivity contribution in [2.45, 2.75) is 6.92 Å². The number of hydrogen-bond donors (Lipinski definition) is 2. The van der Waals surface area contributed by atoms with Gasteiger partial charge < -0.3 is 10.1 Å². The molecule has 1 heterocycles. The smallest absolute Gasteiger partial charge is 0.338 e. The fraction of sp³-hybridized carbons (Fsp3) is 0.0667. The number of benzene rings is 2. The summed E-state index contributed by atoms with van der Waals surface area (Å²) in [5.74, 6) is -1.27. The summed E-state index contributed by atoms with van der Waals surface area (Å²) in [6.45, 7) is 1.98. The molecule has 0 bridgehead atoms. The second kappa shape index (κ2) is 5.10. The Morgan fingerprint density at radius 2 is 2.14 bits per heavy atom. The molecule has 6 heteroatoms. The van der Waals surface area contributed by atoms with Crippen molar-refractivity contribution < 1.29 is 14.3 Å². The van der Waals surface area contributed by atoms with Crippen LogP contribution in [0.5, 0.6) is 0 Å². The molecule has 0 spiro atoms. The third kappa shape index (κ3) is 2.39. The van der Waals surface area contributed by atoms with Gasteiger partial charge in [-0.25, -0.2) is 14.2 Å². The van der Waals surface area contributed by atoms with Crippen LogP contribution in [-0.2, 0) is 0 Å². The number of imidazole rings is 1. The van der Waals surface area contributed by atoms with Crippen molar-refractivity contribution in [3.63, 3.8) is 0 Å². The number of aromatic amines is 1. The molecule has 0 radical (unpaired) electrons. The van der Waals surface area contributed by atoms with Gasteiger partial charge >= 0.3 is 5.97 Å². The van der Waals surface area contributed by atoms with Crippen LogP contribution in [0.3, 0.4) is 0 Å². The summed E-state index contributed by atoms with van der Waals surface area (Å²) in [7, 11) is 0. The van der Waals surface area contributed by atoms with Crippen molar-refractivity contribution >= 4 is 39.6 Å². The first kappa shape index (κ1) is 14.0. The number of H-pyrrole nitrogens is 1. The SMILES string of the molecule is Cc1cccc(-c2nc3c(C(=O)O)cc(F)cc3[nH]2)c1I. The minimum atomic E-state index is -1.20. The molecular weight excluding hydrogens is 386 g/mol. The number of fused-ring (bicyclic) bond motifs is 1. The molecule has 0 saturated heterocycles. The summed E-state index contributed by atoms with van der Waals surface area (Å²) < 4.78 is 14.5. The quantitative estimate of drug-likeness (QED) is 0.645. The lowest BCUT2D eigenvalue weighted by Gasteiger charge is -2.03. The average molecular weight is 396 g/mol. The zero-order valence-electron chi connectivity index (χ0n) is 10.9. The van der Waals surface area contributed by atoms with Crippen molar-refractivity contribution in [1.82, 2.24) is 9.97 Å². The minimum Gasteiger partial charge on any atom is -0.478 e. The van der Waals surface area contributed by atoms with Crippen molar-refractivity contribution in [2.24, 2.45) is 0 Å². The Balaban J connectivity index is 2.29. The highest BCUT2D eigenvalue weighted by atomic mass is 127. The summed E-state index contributed by atoms with van der Waals surface area (Å²) in [5.41, 5.74) is 2.45. The number of aromatic nitrogens is 2. The van der Waals surface area contributed by atoms with Crippen molar-refractivity contribution in [2.75, 3.05) is 0 Å². The van der Waals surface area contributed by atoms with Gasteiger partial charge in [-0.15, -0.1) is 0 Å². The summed E-state index contributed by atoms with van der Waals surface area (Å²) >= 11 is 2.21. The topological polar surface area (TPSA) is 66.0 Å². The lowest BCUT2D eigenvalue weighted by Crippen LogP contribution is -1.98. The van der Waals surface area contributed by atoms with E-state index >= 15 is 0 Å². The molecule has 3 aromatic rings. The van der Waals surface area contributed by atoms with Crippen LogP contribution in [0.25, 0.3) is 22.4 Å². The van der Waals surface area contributed by atoms with Crippen LogP contribution in [0.4, 0.5) is 4.39 Å². The van der Waals surface area contributed by atoms with Crippen LogP contribution in [0.1, 0.15) is 15.9 Å². The van der Waals surface area contributed by atoms with Crippen molar-refractivity contribution in [3.8, 4) is 11.4 Å². The average Bonchev–Trinajstić information content (AvgIpc) is 2.84. The second-order valence-electron chi connectivity index (χ2n) is 4.68. The predicted octanol–water partition coefficient (Wildman–Crippen LogP) is 3.98. The Hall–Kier alpha value is -1.96. The standard InChI is InChI=1S/C15H10FIN2O2/c1-7-3-2-4-9(12(7)17)14-18-11-6-8(16)5-10(15(20)21)13(11)19-14/h2-6H,1H3,(H,18,19)(H,20,21). The second-order valence-corrected chi connectivity index (χ2v) is 5.76.